The average molecular weight is 261 g/mol. The number of nitrogens with two attached hydrogens (primary N) is 1. The van der Waals surface area contributed by atoms with Gasteiger partial charge in [0, 0.05) is 18.2 Å². The van der Waals surface area contributed by atoms with Crippen molar-refractivity contribution < 1.29 is 9.13 Å². The lowest BCUT2D eigenvalue weighted by Gasteiger charge is -2.07. The second-order valence-electron chi connectivity index (χ2n) is 4.25. The zero-order valence-electron chi connectivity index (χ0n) is 11.0. The number of nitrogen functional groups attached to an aromatic ring is 1. The van der Waals surface area contributed by atoms with Crippen molar-refractivity contribution in [1.29, 1.82) is 0 Å². The Bertz CT molecular complexity index is 567. The van der Waals surface area contributed by atoms with E-state index in [-0.39, 0.29) is 5.82 Å². The van der Waals surface area contributed by atoms with Crippen LogP contribution in [0.1, 0.15) is 18.3 Å². The first-order valence-electron chi connectivity index (χ1n) is 6.07. The van der Waals surface area contributed by atoms with E-state index in [4.69, 9.17) is 10.5 Å². The molecular weight excluding hydrogens is 245 g/mol. The second kappa shape index (κ2) is 5.75. The smallest absolute Gasteiger partial charge is 0.157 e. The summed E-state index contributed by atoms with van der Waals surface area (Å²) in [6, 6.07) is 6.38. The Balaban J connectivity index is 2.40. The number of benzene rings is 1. The van der Waals surface area contributed by atoms with Crippen LogP contribution in [-0.4, -0.2) is 16.6 Å². The van der Waals surface area contributed by atoms with E-state index in [1.165, 1.54) is 12.1 Å². The molecule has 100 valence electrons. The highest BCUT2D eigenvalue weighted by Crippen LogP contribution is 2.21. The van der Waals surface area contributed by atoms with Gasteiger partial charge < -0.3 is 10.5 Å². The summed E-state index contributed by atoms with van der Waals surface area (Å²) in [6.07, 6.45) is 0. The van der Waals surface area contributed by atoms with Gasteiger partial charge in [-0.05, 0) is 37.6 Å². The zero-order valence-corrected chi connectivity index (χ0v) is 11.0. The zero-order chi connectivity index (χ0) is 13.8. The molecule has 0 radical (unpaired) electrons. The summed E-state index contributed by atoms with van der Waals surface area (Å²) in [5, 5.41) is 0. The molecular formula is C14H16FN3O. The van der Waals surface area contributed by atoms with Crippen LogP contribution >= 0.6 is 0 Å². The third-order valence-electron chi connectivity index (χ3n) is 2.57. The number of hydrogen-bond donors (Lipinski definition) is 1. The van der Waals surface area contributed by atoms with Gasteiger partial charge in [-0.3, -0.25) is 0 Å². The maximum atomic E-state index is 13.4. The molecule has 1 heterocycles. The van der Waals surface area contributed by atoms with Crippen LogP contribution in [0.4, 0.5) is 10.2 Å². The molecule has 0 saturated heterocycles. The molecule has 0 saturated carbocycles. The van der Waals surface area contributed by atoms with Crippen LogP contribution in [0.15, 0.2) is 24.3 Å². The van der Waals surface area contributed by atoms with Gasteiger partial charge in [0.05, 0.1) is 5.69 Å². The van der Waals surface area contributed by atoms with Gasteiger partial charge in [0.25, 0.3) is 0 Å². The number of aromatic nitrogens is 2. The number of anilines is 1. The quantitative estimate of drug-likeness (QED) is 0.919. The van der Waals surface area contributed by atoms with Gasteiger partial charge in [-0.1, -0.05) is 0 Å². The van der Waals surface area contributed by atoms with Gasteiger partial charge in [-0.2, -0.15) is 0 Å². The molecule has 0 spiro atoms. The number of aryl methyl sites for hydroxylation is 1. The third kappa shape index (κ3) is 3.48. The molecule has 1 aromatic carbocycles. The first-order chi connectivity index (χ1) is 9.08. The molecule has 1 aromatic heterocycles. The molecule has 2 aromatic rings. The Hall–Kier alpha value is -2.01. The van der Waals surface area contributed by atoms with Gasteiger partial charge >= 0.3 is 0 Å². The lowest BCUT2D eigenvalue weighted by Crippen LogP contribution is -2.03. The predicted octanol–water partition coefficient (Wildman–Crippen LogP) is 2.71. The number of ether oxygens (including phenoxy) is 1. The number of hydrogen-bond acceptors (Lipinski definition) is 4. The number of rotatable bonds is 4. The summed E-state index contributed by atoms with van der Waals surface area (Å²) < 4.78 is 18.7. The van der Waals surface area contributed by atoms with E-state index in [9.17, 15) is 4.39 Å². The SMILES string of the molecule is CCOCc1nc(N)cc(-c2cc(C)cc(F)c2)n1. The normalized spacial score (nSPS) is 10.7. The molecule has 0 aliphatic heterocycles. The summed E-state index contributed by atoms with van der Waals surface area (Å²) in [7, 11) is 0. The van der Waals surface area contributed by atoms with Gasteiger partial charge in [0.2, 0.25) is 0 Å². The molecule has 0 fully saturated rings. The molecule has 2 rings (SSSR count). The Morgan fingerprint density at radius 3 is 2.68 bits per heavy atom. The molecule has 0 bridgehead atoms. The summed E-state index contributed by atoms with van der Waals surface area (Å²) in [4.78, 5) is 8.43. The molecule has 0 amide bonds. The number of nitrogens with zero attached hydrogens (tertiary/aromatic N) is 2. The highest BCUT2D eigenvalue weighted by atomic mass is 19.1. The molecule has 0 atom stereocenters. The van der Waals surface area contributed by atoms with Crippen molar-refractivity contribution in [2.45, 2.75) is 20.5 Å². The van der Waals surface area contributed by atoms with Crippen LogP contribution in [0, 0.1) is 12.7 Å². The maximum Gasteiger partial charge on any atom is 0.157 e. The van der Waals surface area contributed by atoms with E-state index in [2.05, 4.69) is 9.97 Å². The van der Waals surface area contributed by atoms with E-state index < -0.39 is 0 Å². The van der Waals surface area contributed by atoms with Gasteiger partial charge in [-0.25, -0.2) is 14.4 Å². The Morgan fingerprint density at radius 2 is 2.00 bits per heavy atom. The minimum Gasteiger partial charge on any atom is -0.384 e. The fraction of sp³-hybridized carbons (Fsp3) is 0.286. The molecule has 0 unspecified atom stereocenters. The predicted molar refractivity (Wildman–Crippen MR) is 71.9 cm³/mol. The van der Waals surface area contributed by atoms with Gasteiger partial charge in [0.1, 0.15) is 18.2 Å². The van der Waals surface area contributed by atoms with Crippen molar-refractivity contribution in [1.82, 2.24) is 9.97 Å². The minimum absolute atomic E-state index is 0.293. The van der Waals surface area contributed by atoms with Crippen molar-refractivity contribution >= 4 is 5.82 Å². The van der Waals surface area contributed by atoms with Gasteiger partial charge in [0.15, 0.2) is 5.82 Å². The third-order valence-corrected chi connectivity index (χ3v) is 2.57. The fourth-order valence-corrected chi connectivity index (χ4v) is 1.81. The molecule has 0 aliphatic carbocycles. The van der Waals surface area contributed by atoms with Crippen LogP contribution < -0.4 is 5.73 Å². The van der Waals surface area contributed by atoms with Gasteiger partial charge in [-0.15, -0.1) is 0 Å². The van der Waals surface area contributed by atoms with Crippen LogP contribution in [0.2, 0.25) is 0 Å². The molecule has 4 nitrogen and oxygen atoms in total. The molecule has 2 N–H and O–H groups in total. The largest absolute Gasteiger partial charge is 0.384 e. The topological polar surface area (TPSA) is 61.0 Å². The molecule has 5 heteroatoms. The first kappa shape index (κ1) is 13.4. The summed E-state index contributed by atoms with van der Waals surface area (Å²) in [5.74, 6) is 0.555. The summed E-state index contributed by atoms with van der Waals surface area (Å²) in [5.41, 5.74) is 7.86. The van der Waals surface area contributed by atoms with E-state index in [1.807, 2.05) is 19.9 Å². The van der Waals surface area contributed by atoms with E-state index >= 15 is 0 Å². The lowest BCUT2D eigenvalue weighted by molar-refractivity contribution is 0.128. The van der Waals surface area contributed by atoms with E-state index in [0.717, 1.165) is 5.56 Å². The highest BCUT2D eigenvalue weighted by Gasteiger charge is 2.07. The average Bonchev–Trinajstić information content (AvgIpc) is 2.34. The van der Waals surface area contributed by atoms with Crippen molar-refractivity contribution in [2.24, 2.45) is 0 Å². The van der Waals surface area contributed by atoms with Crippen LogP contribution in [0.3, 0.4) is 0 Å². The van der Waals surface area contributed by atoms with E-state index in [0.29, 0.717) is 36.1 Å². The van der Waals surface area contributed by atoms with Crippen molar-refractivity contribution in [3.05, 3.63) is 41.5 Å². The van der Waals surface area contributed by atoms with Crippen molar-refractivity contribution in [3.8, 4) is 11.3 Å². The Kier molecular flexibility index (Phi) is 4.06. The number of halogens is 1. The van der Waals surface area contributed by atoms with E-state index in [1.54, 1.807) is 6.07 Å². The van der Waals surface area contributed by atoms with Crippen molar-refractivity contribution in [2.75, 3.05) is 12.3 Å². The molecule has 19 heavy (non-hydrogen) atoms. The second-order valence-corrected chi connectivity index (χ2v) is 4.25. The lowest BCUT2D eigenvalue weighted by atomic mass is 10.1. The van der Waals surface area contributed by atoms with Crippen molar-refractivity contribution in [3.63, 3.8) is 0 Å². The monoisotopic (exact) mass is 261 g/mol. The van der Waals surface area contributed by atoms with Crippen LogP contribution in [-0.2, 0) is 11.3 Å². The highest BCUT2D eigenvalue weighted by molar-refractivity contribution is 5.62. The van der Waals surface area contributed by atoms with Crippen LogP contribution in [0.5, 0.6) is 0 Å². The maximum absolute atomic E-state index is 13.4. The molecule has 0 aliphatic rings. The summed E-state index contributed by atoms with van der Waals surface area (Å²) in [6.45, 7) is 4.59. The standard InChI is InChI=1S/C14H16FN3O/c1-3-19-8-14-17-12(7-13(16)18-14)10-4-9(2)5-11(15)6-10/h4-7H,3,8H2,1-2H3,(H2,16,17,18). The Labute approximate surface area is 111 Å². The fourth-order valence-electron chi connectivity index (χ4n) is 1.81. The minimum atomic E-state index is -0.293. The van der Waals surface area contributed by atoms with Crippen LogP contribution in [0.25, 0.3) is 11.3 Å². The summed E-state index contributed by atoms with van der Waals surface area (Å²) >= 11 is 0. The first-order valence-corrected chi connectivity index (χ1v) is 6.07. The Morgan fingerprint density at radius 1 is 1.21 bits per heavy atom.